The fraction of sp³-hybridized carbons (Fsp3) is 0.455. The highest BCUT2D eigenvalue weighted by molar-refractivity contribution is 9.10. The second-order valence-corrected chi connectivity index (χ2v) is 4.67. The van der Waals surface area contributed by atoms with Gasteiger partial charge in [-0.25, -0.2) is 0 Å². The maximum Gasteiger partial charge on any atom is 0.0736 e. The van der Waals surface area contributed by atoms with Crippen LogP contribution in [0.15, 0.2) is 22.7 Å². The summed E-state index contributed by atoms with van der Waals surface area (Å²) in [7, 11) is 2.03. The lowest BCUT2D eigenvalue weighted by molar-refractivity contribution is 0.394. The molecule has 0 amide bonds. The first-order valence-electron chi connectivity index (χ1n) is 4.63. The number of alkyl halides is 1. The van der Waals surface area contributed by atoms with E-state index in [1.807, 2.05) is 7.05 Å². The number of hydrogen-bond donors (Lipinski definition) is 0. The molecule has 0 saturated heterocycles. The van der Waals surface area contributed by atoms with Gasteiger partial charge >= 0.3 is 0 Å². The second kappa shape index (κ2) is 5.74. The molecule has 0 fully saturated rings. The minimum Gasteiger partial charge on any atom is -0.293 e. The summed E-state index contributed by atoms with van der Waals surface area (Å²) in [6.45, 7) is 3.14. The monoisotopic (exact) mass is 275 g/mol. The molecule has 0 saturated carbocycles. The summed E-state index contributed by atoms with van der Waals surface area (Å²) in [5.41, 5.74) is 2.73. The SMILES string of the molecule is Cc1ccc(Br)cc1CCN(C)CCl. The van der Waals surface area contributed by atoms with E-state index in [1.54, 1.807) is 0 Å². The van der Waals surface area contributed by atoms with Crippen molar-refractivity contribution in [1.82, 2.24) is 4.90 Å². The Bertz CT molecular complexity index is 301. The average Bonchev–Trinajstić information content (AvgIpc) is 2.19. The summed E-state index contributed by atoms with van der Waals surface area (Å²) < 4.78 is 1.15. The lowest BCUT2D eigenvalue weighted by atomic mass is 10.1. The Morgan fingerprint density at radius 2 is 2.14 bits per heavy atom. The number of aryl methyl sites for hydroxylation is 1. The van der Waals surface area contributed by atoms with Crippen LogP contribution in [-0.4, -0.2) is 24.5 Å². The van der Waals surface area contributed by atoms with E-state index in [-0.39, 0.29) is 0 Å². The molecule has 3 heteroatoms. The number of halogens is 2. The summed E-state index contributed by atoms with van der Waals surface area (Å²) in [6.07, 6.45) is 1.05. The zero-order valence-electron chi connectivity index (χ0n) is 8.56. The molecule has 0 aromatic heterocycles. The van der Waals surface area contributed by atoms with Gasteiger partial charge in [0.1, 0.15) is 0 Å². The first-order valence-corrected chi connectivity index (χ1v) is 5.96. The van der Waals surface area contributed by atoms with E-state index in [2.05, 4.69) is 46.0 Å². The van der Waals surface area contributed by atoms with Crippen molar-refractivity contribution in [1.29, 1.82) is 0 Å². The van der Waals surface area contributed by atoms with E-state index >= 15 is 0 Å². The van der Waals surface area contributed by atoms with Gasteiger partial charge in [-0.05, 0) is 43.7 Å². The maximum atomic E-state index is 5.71. The second-order valence-electron chi connectivity index (χ2n) is 3.52. The summed E-state index contributed by atoms with van der Waals surface area (Å²) in [5, 5.41) is 0. The normalized spacial score (nSPS) is 10.9. The molecule has 0 bridgehead atoms. The molecule has 1 rings (SSSR count). The van der Waals surface area contributed by atoms with Gasteiger partial charge in [-0.15, -0.1) is 11.6 Å². The van der Waals surface area contributed by atoms with Crippen LogP contribution in [0, 0.1) is 6.92 Å². The highest BCUT2D eigenvalue weighted by Gasteiger charge is 2.01. The first kappa shape index (κ1) is 12.0. The molecule has 14 heavy (non-hydrogen) atoms. The van der Waals surface area contributed by atoms with Crippen LogP contribution < -0.4 is 0 Å². The van der Waals surface area contributed by atoms with Crippen molar-refractivity contribution in [2.45, 2.75) is 13.3 Å². The van der Waals surface area contributed by atoms with E-state index in [4.69, 9.17) is 11.6 Å². The van der Waals surface area contributed by atoms with Crippen molar-refractivity contribution in [2.24, 2.45) is 0 Å². The highest BCUT2D eigenvalue weighted by Crippen LogP contribution is 2.16. The Hall–Kier alpha value is -0.0500. The molecule has 0 aliphatic heterocycles. The molecular formula is C11H15BrClN. The van der Waals surface area contributed by atoms with Crippen LogP contribution in [0.2, 0.25) is 0 Å². The Morgan fingerprint density at radius 3 is 2.79 bits per heavy atom. The predicted octanol–water partition coefficient (Wildman–Crippen LogP) is 3.43. The molecule has 0 radical (unpaired) electrons. The lowest BCUT2D eigenvalue weighted by Crippen LogP contribution is -2.19. The van der Waals surface area contributed by atoms with Crippen molar-refractivity contribution >= 4 is 27.5 Å². The minimum atomic E-state index is 0.590. The van der Waals surface area contributed by atoms with Gasteiger partial charge in [0, 0.05) is 11.0 Å². The van der Waals surface area contributed by atoms with Crippen LogP contribution in [0.3, 0.4) is 0 Å². The van der Waals surface area contributed by atoms with Gasteiger partial charge in [0.2, 0.25) is 0 Å². The van der Waals surface area contributed by atoms with E-state index < -0.39 is 0 Å². The number of hydrogen-bond acceptors (Lipinski definition) is 1. The minimum absolute atomic E-state index is 0.590. The third kappa shape index (κ3) is 3.60. The first-order chi connectivity index (χ1) is 6.63. The van der Waals surface area contributed by atoms with Crippen molar-refractivity contribution in [3.8, 4) is 0 Å². The van der Waals surface area contributed by atoms with Crippen molar-refractivity contribution in [3.05, 3.63) is 33.8 Å². The Labute approximate surface area is 99.2 Å². The number of nitrogens with zero attached hydrogens (tertiary/aromatic N) is 1. The van der Waals surface area contributed by atoms with Crippen LogP contribution in [0.5, 0.6) is 0 Å². The average molecular weight is 277 g/mol. The summed E-state index contributed by atoms with van der Waals surface area (Å²) >= 11 is 9.19. The molecule has 0 heterocycles. The molecule has 0 aliphatic rings. The largest absolute Gasteiger partial charge is 0.293 e. The molecule has 1 aromatic carbocycles. The quantitative estimate of drug-likeness (QED) is 0.601. The lowest BCUT2D eigenvalue weighted by Gasteiger charge is -2.13. The smallest absolute Gasteiger partial charge is 0.0736 e. The molecule has 0 N–H and O–H groups in total. The highest BCUT2D eigenvalue weighted by atomic mass is 79.9. The summed E-state index contributed by atoms with van der Waals surface area (Å²) in [4.78, 5) is 2.10. The van der Waals surface area contributed by atoms with Crippen molar-refractivity contribution in [2.75, 3.05) is 19.6 Å². The number of likely N-dealkylation sites (N-methyl/N-ethyl adjacent to an activating group) is 1. The van der Waals surface area contributed by atoms with Gasteiger partial charge in [-0.3, -0.25) is 4.90 Å². The molecule has 1 nitrogen and oxygen atoms in total. The van der Waals surface area contributed by atoms with Crippen LogP contribution in [0.4, 0.5) is 0 Å². The molecule has 0 unspecified atom stereocenters. The van der Waals surface area contributed by atoms with Gasteiger partial charge in [0.15, 0.2) is 0 Å². The van der Waals surface area contributed by atoms with Crippen molar-refractivity contribution < 1.29 is 0 Å². The predicted molar refractivity (Wildman–Crippen MR) is 65.9 cm³/mol. The molecule has 0 spiro atoms. The fourth-order valence-corrected chi connectivity index (χ4v) is 1.81. The van der Waals surface area contributed by atoms with Crippen LogP contribution in [0.1, 0.15) is 11.1 Å². The van der Waals surface area contributed by atoms with E-state index in [0.717, 1.165) is 17.4 Å². The third-order valence-corrected chi connectivity index (χ3v) is 3.18. The van der Waals surface area contributed by atoms with Gasteiger partial charge in [0.05, 0.1) is 6.00 Å². The van der Waals surface area contributed by atoms with Gasteiger partial charge in [-0.1, -0.05) is 22.0 Å². The van der Waals surface area contributed by atoms with Gasteiger partial charge in [0.25, 0.3) is 0 Å². The zero-order valence-corrected chi connectivity index (χ0v) is 10.9. The molecule has 1 aromatic rings. The van der Waals surface area contributed by atoms with Crippen LogP contribution >= 0.6 is 27.5 Å². The Morgan fingerprint density at radius 1 is 1.43 bits per heavy atom. The maximum absolute atomic E-state index is 5.71. The molecule has 0 atom stereocenters. The Balaban J connectivity index is 2.62. The third-order valence-electron chi connectivity index (χ3n) is 2.28. The molecule has 0 aliphatic carbocycles. The van der Waals surface area contributed by atoms with Gasteiger partial charge in [-0.2, -0.15) is 0 Å². The van der Waals surface area contributed by atoms with Crippen LogP contribution in [0.25, 0.3) is 0 Å². The topological polar surface area (TPSA) is 3.24 Å². The molecular weight excluding hydrogens is 261 g/mol. The number of rotatable bonds is 4. The number of benzene rings is 1. The zero-order chi connectivity index (χ0) is 10.6. The summed E-state index contributed by atoms with van der Waals surface area (Å²) in [6, 6.07) is 6.98. The van der Waals surface area contributed by atoms with Crippen LogP contribution in [-0.2, 0) is 6.42 Å². The Kier molecular flexibility index (Phi) is 4.93. The fourth-order valence-electron chi connectivity index (χ4n) is 1.28. The standard InChI is InChI=1S/C11H15BrClN/c1-9-3-4-11(12)7-10(9)5-6-14(2)8-13/h3-4,7H,5-6,8H2,1-2H3. The summed E-state index contributed by atoms with van der Waals surface area (Å²) in [5.74, 6) is 0. The van der Waals surface area contributed by atoms with E-state index in [9.17, 15) is 0 Å². The van der Waals surface area contributed by atoms with E-state index in [0.29, 0.717) is 6.00 Å². The van der Waals surface area contributed by atoms with E-state index in [1.165, 1.54) is 11.1 Å². The molecule has 78 valence electrons. The van der Waals surface area contributed by atoms with Gasteiger partial charge < -0.3 is 0 Å². The van der Waals surface area contributed by atoms with Crippen molar-refractivity contribution in [3.63, 3.8) is 0 Å².